The zero-order chi connectivity index (χ0) is 10.4. The molecule has 0 aromatic carbocycles. The molecule has 5 heteroatoms. The van der Waals surface area contributed by atoms with Crippen molar-refractivity contribution in [2.75, 3.05) is 13.2 Å². The van der Waals surface area contributed by atoms with Crippen LogP contribution in [-0.4, -0.2) is 25.3 Å². The Morgan fingerprint density at radius 1 is 1.64 bits per heavy atom. The van der Waals surface area contributed by atoms with E-state index in [1.165, 1.54) is 0 Å². The third-order valence-electron chi connectivity index (χ3n) is 2.43. The molecule has 1 aliphatic carbocycles. The van der Waals surface area contributed by atoms with Crippen LogP contribution in [0.15, 0.2) is 0 Å². The number of hydrogen-bond donors (Lipinski definition) is 2. The molecule has 0 spiro atoms. The van der Waals surface area contributed by atoms with Crippen molar-refractivity contribution in [1.29, 1.82) is 5.26 Å². The van der Waals surface area contributed by atoms with Gasteiger partial charge in [-0.3, -0.25) is 0 Å². The molecule has 14 heavy (non-hydrogen) atoms. The van der Waals surface area contributed by atoms with Gasteiger partial charge in [-0.25, -0.2) is 4.79 Å². The van der Waals surface area contributed by atoms with Gasteiger partial charge in [-0.05, 0) is 12.8 Å². The SMILES string of the molecule is N#CC1CCCC1NCCOC(N)=O. The second-order valence-corrected chi connectivity index (χ2v) is 3.39. The monoisotopic (exact) mass is 197 g/mol. The minimum absolute atomic E-state index is 0.101. The highest BCUT2D eigenvalue weighted by atomic mass is 16.5. The van der Waals surface area contributed by atoms with E-state index in [-0.39, 0.29) is 18.6 Å². The van der Waals surface area contributed by atoms with Crippen LogP contribution in [0.4, 0.5) is 4.79 Å². The molecule has 2 atom stereocenters. The molecule has 0 bridgehead atoms. The van der Waals surface area contributed by atoms with Crippen LogP contribution in [0.3, 0.4) is 0 Å². The molecule has 1 amide bonds. The van der Waals surface area contributed by atoms with E-state index in [2.05, 4.69) is 16.1 Å². The van der Waals surface area contributed by atoms with Gasteiger partial charge in [0.05, 0.1) is 12.0 Å². The topological polar surface area (TPSA) is 88.1 Å². The average Bonchev–Trinajstić information content (AvgIpc) is 2.59. The Morgan fingerprint density at radius 2 is 2.43 bits per heavy atom. The number of amides is 1. The average molecular weight is 197 g/mol. The lowest BCUT2D eigenvalue weighted by atomic mass is 10.1. The minimum Gasteiger partial charge on any atom is -0.448 e. The third-order valence-corrected chi connectivity index (χ3v) is 2.43. The Kier molecular flexibility index (Phi) is 4.20. The first-order valence-electron chi connectivity index (χ1n) is 4.79. The molecule has 0 radical (unpaired) electrons. The van der Waals surface area contributed by atoms with Gasteiger partial charge in [0, 0.05) is 12.6 Å². The Balaban J connectivity index is 2.12. The Hall–Kier alpha value is -1.28. The molecule has 1 fully saturated rings. The van der Waals surface area contributed by atoms with Crippen molar-refractivity contribution in [2.45, 2.75) is 25.3 Å². The summed E-state index contributed by atoms with van der Waals surface area (Å²) >= 11 is 0. The van der Waals surface area contributed by atoms with E-state index in [9.17, 15) is 4.79 Å². The number of ether oxygens (including phenoxy) is 1. The maximum absolute atomic E-state index is 10.2. The first-order valence-corrected chi connectivity index (χ1v) is 4.79. The molecule has 5 nitrogen and oxygen atoms in total. The number of nitrogens with one attached hydrogen (secondary N) is 1. The van der Waals surface area contributed by atoms with E-state index in [1.807, 2.05) is 0 Å². The van der Waals surface area contributed by atoms with Gasteiger partial charge in [-0.2, -0.15) is 5.26 Å². The number of hydrogen-bond acceptors (Lipinski definition) is 4. The second-order valence-electron chi connectivity index (χ2n) is 3.39. The zero-order valence-electron chi connectivity index (χ0n) is 8.03. The summed E-state index contributed by atoms with van der Waals surface area (Å²) in [5, 5.41) is 12.0. The molecule has 3 N–H and O–H groups in total. The Bertz CT molecular complexity index is 237. The third kappa shape index (κ3) is 3.23. The van der Waals surface area contributed by atoms with Gasteiger partial charge in [0.1, 0.15) is 6.61 Å². The van der Waals surface area contributed by atoms with Crippen LogP contribution in [0, 0.1) is 17.2 Å². The van der Waals surface area contributed by atoms with Crippen LogP contribution in [0.1, 0.15) is 19.3 Å². The predicted molar refractivity (Wildman–Crippen MR) is 50.3 cm³/mol. The number of primary amides is 1. The highest BCUT2D eigenvalue weighted by Gasteiger charge is 2.26. The highest BCUT2D eigenvalue weighted by Crippen LogP contribution is 2.24. The maximum Gasteiger partial charge on any atom is 0.404 e. The number of nitrogens with zero attached hydrogens (tertiary/aromatic N) is 1. The molecule has 1 rings (SSSR count). The lowest BCUT2D eigenvalue weighted by Gasteiger charge is -2.14. The van der Waals surface area contributed by atoms with Crippen LogP contribution in [0.2, 0.25) is 0 Å². The molecule has 0 aliphatic heterocycles. The van der Waals surface area contributed by atoms with Crippen molar-refractivity contribution in [3.8, 4) is 6.07 Å². The predicted octanol–water partition coefficient (Wildman–Crippen LogP) is 0.364. The lowest BCUT2D eigenvalue weighted by molar-refractivity contribution is 0.155. The molecule has 0 heterocycles. The number of nitrogens with two attached hydrogens (primary N) is 1. The number of rotatable bonds is 4. The summed E-state index contributed by atoms with van der Waals surface area (Å²) in [6.45, 7) is 0.829. The quantitative estimate of drug-likeness (QED) is 0.637. The molecule has 0 aromatic rings. The van der Waals surface area contributed by atoms with E-state index >= 15 is 0 Å². The Labute approximate surface area is 83.2 Å². The summed E-state index contributed by atoms with van der Waals surface area (Å²) in [7, 11) is 0. The maximum atomic E-state index is 10.2. The van der Waals surface area contributed by atoms with Gasteiger partial charge in [0.2, 0.25) is 0 Å². The largest absolute Gasteiger partial charge is 0.448 e. The number of nitriles is 1. The standard InChI is InChI=1S/C9H15N3O2/c10-6-7-2-1-3-8(7)12-4-5-14-9(11)13/h7-8,12H,1-5H2,(H2,11,13). The summed E-state index contributed by atoms with van der Waals surface area (Å²) < 4.78 is 4.56. The van der Waals surface area contributed by atoms with Gasteiger partial charge in [-0.15, -0.1) is 0 Å². The summed E-state index contributed by atoms with van der Waals surface area (Å²) in [5.41, 5.74) is 4.80. The zero-order valence-corrected chi connectivity index (χ0v) is 8.03. The molecule has 0 aromatic heterocycles. The van der Waals surface area contributed by atoms with Crippen molar-refractivity contribution in [1.82, 2.24) is 5.32 Å². The molecule has 2 unspecified atom stereocenters. The van der Waals surface area contributed by atoms with E-state index in [0.29, 0.717) is 6.54 Å². The highest BCUT2D eigenvalue weighted by molar-refractivity contribution is 5.64. The van der Waals surface area contributed by atoms with E-state index < -0.39 is 6.09 Å². The molecule has 1 aliphatic rings. The summed E-state index contributed by atoms with van der Waals surface area (Å²) in [4.78, 5) is 10.2. The van der Waals surface area contributed by atoms with Crippen molar-refractivity contribution in [3.05, 3.63) is 0 Å². The van der Waals surface area contributed by atoms with Gasteiger partial charge < -0.3 is 15.8 Å². The Morgan fingerprint density at radius 3 is 3.07 bits per heavy atom. The van der Waals surface area contributed by atoms with Crippen LogP contribution < -0.4 is 11.1 Å². The normalized spacial score (nSPS) is 25.6. The van der Waals surface area contributed by atoms with Crippen molar-refractivity contribution in [3.63, 3.8) is 0 Å². The summed E-state index contributed by atoms with van der Waals surface area (Å²) in [5.74, 6) is 0.101. The van der Waals surface area contributed by atoms with Crippen LogP contribution in [0.5, 0.6) is 0 Å². The van der Waals surface area contributed by atoms with Crippen molar-refractivity contribution >= 4 is 6.09 Å². The van der Waals surface area contributed by atoms with Gasteiger partial charge in [0.15, 0.2) is 0 Å². The van der Waals surface area contributed by atoms with E-state index in [4.69, 9.17) is 11.0 Å². The van der Waals surface area contributed by atoms with Crippen molar-refractivity contribution < 1.29 is 9.53 Å². The molecular weight excluding hydrogens is 182 g/mol. The smallest absolute Gasteiger partial charge is 0.404 e. The lowest BCUT2D eigenvalue weighted by Crippen LogP contribution is -2.35. The van der Waals surface area contributed by atoms with E-state index in [1.54, 1.807) is 0 Å². The van der Waals surface area contributed by atoms with Crippen LogP contribution >= 0.6 is 0 Å². The second kappa shape index (κ2) is 5.45. The fraction of sp³-hybridized carbons (Fsp3) is 0.778. The number of carbonyl (C=O) groups is 1. The summed E-state index contributed by atoms with van der Waals surface area (Å²) in [6, 6.07) is 2.52. The molecule has 1 saturated carbocycles. The molecule has 0 saturated heterocycles. The first-order chi connectivity index (χ1) is 6.74. The first kappa shape index (κ1) is 10.8. The fourth-order valence-corrected chi connectivity index (χ4v) is 1.75. The molecule has 78 valence electrons. The van der Waals surface area contributed by atoms with Gasteiger partial charge in [0.25, 0.3) is 0 Å². The van der Waals surface area contributed by atoms with Crippen LogP contribution in [0.25, 0.3) is 0 Å². The molecular formula is C9H15N3O2. The van der Waals surface area contributed by atoms with Crippen LogP contribution in [-0.2, 0) is 4.74 Å². The fourth-order valence-electron chi connectivity index (χ4n) is 1.75. The van der Waals surface area contributed by atoms with Gasteiger partial charge >= 0.3 is 6.09 Å². The van der Waals surface area contributed by atoms with Crippen molar-refractivity contribution in [2.24, 2.45) is 11.7 Å². The summed E-state index contributed by atoms with van der Waals surface area (Å²) in [6.07, 6.45) is 2.32. The van der Waals surface area contributed by atoms with Gasteiger partial charge in [-0.1, -0.05) is 6.42 Å². The number of carbonyl (C=O) groups excluding carboxylic acids is 1. The van der Waals surface area contributed by atoms with E-state index in [0.717, 1.165) is 19.3 Å². The minimum atomic E-state index is -0.755.